The number of methoxy groups -OCH3 is 1. The first kappa shape index (κ1) is 18.4. The number of ether oxygens (including phenoxy) is 1. The standard InChI is InChI=1S/C17H34N2O2/c1-13(2)18-15(16(20)21-6)12-19-10-7-8-14(9-11-19)17(3,4)5/h13-15,18H,7-12H2,1-6H3. The Hall–Kier alpha value is -0.610. The molecule has 1 heterocycles. The van der Waals surface area contributed by atoms with Crippen LogP contribution in [-0.2, 0) is 9.53 Å². The van der Waals surface area contributed by atoms with Crippen LogP contribution < -0.4 is 5.32 Å². The van der Waals surface area contributed by atoms with Gasteiger partial charge in [0.15, 0.2) is 0 Å². The summed E-state index contributed by atoms with van der Waals surface area (Å²) in [5, 5.41) is 3.32. The van der Waals surface area contributed by atoms with Gasteiger partial charge in [-0.2, -0.15) is 0 Å². The smallest absolute Gasteiger partial charge is 0.324 e. The van der Waals surface area contributed by atoms with Gasteiger partial charge in [0.05, 0.1) is 7.11 Å². The first-order valence-electron chi connectivity index (χ1n) is 8.30. The Morgan fingerprint density at radius 3 is 2.48 bits per heavy atom. The predicted molar refractivity (Wildman–Crippen MR) is 87.3 cm³/mol. The normalized spacial score (nSPS) is 22.9. The number of rotatable bonds is 5. The zero-order valence-electron chi connectivity index (χ0n) is 14.7. The van der Waals surface area contributed by atoms with E-state index < -0.39 is 0 Å². The van der Waals surface area contributed by atoms with Crippen molar-refractivity contribution in [2.45, 2.75) is 66.0 Å². The summed E-state index contributed by atoms with van der Waals surface area (Å²) in [5.41, 5.74) is 0.383. The van der Waals surface area contributed by atoms with Gasteiger partial charge in [0.2, 0.25) is 0 Å². The van der Waals surface area contributed by atoms with E-state index in [1.807, 2.05) is 0 Å². The lowest BCUT2D eigenvalue weighted by Crippen LogP contribution is -2.49. The molecule has 21 heavy (non-hydrogen) atoms. The highest BCUT2D eigenvalue weighted by Crippen LogP contribution is 2.34. The lowest BCUT2D eigenvalue weighted by molar-refractivity contribution is -0.143. The molecule has 2 atom stereocenters. The molecule has 1 fully saturated rings. The van der Waals surface area contributed by atoms with Crippen LogP contribution in [0.15, 0.2) is 0 Å². The Labute approximate surface area is 130 Å². The van der Waals surface area contributed by atoms with E-state index in [-0.39, 0.29) is 18.1 Å². The first-order chi connectivity index (χ1) is 9.74. The van der Waals surface area contributed by atoms with E-state index in [0.29, 0.717) is 5.41 Å². The van der Waals surface area contributed by atoms with Crippen molar-refractivity contribution in [2.75, 3.05) is 26.7 Å². The number of hydrogen-bond acceptors (Lipinski definition) is 4. The van der Waals surface area contributed by atoms with Crippen LogP contribution >= 0.6 is 0 Å². The van der Waals surface area contributed by atoms with Crippen LogP contribution in [0.2, 0.25) is 0 Å². The Morgan fingerprint density at radius 1 is 1.29 bits per heavy atom. The molecule has 0 saturated carbocycles. The maximum Gasteiger partial charge on any atom is 0.324 e. The Bertz CT molecular complexity index is 323. The third-order valence-corrected chi connectivity index (χ3v) is 4.51. The SMILES string of the molecule is COC(=O)C(CN1CCCC(C(C)(C)C)CC1)NC(C)C. The quantitative estimate of drug-likeness (QED) is 0.792. The Morgan fingerprint density at radius 2 is 1.95 bits per heavy atom. The van der Waals surface area contributed by atoms with Gasteiger partial charge >= 0.3 is 5.97 Å². The average molecular weight is 298 g/mol. The molecule has 0 aromatic carbocycles. The van der Waals surface area contributed by atoms with E-state index in [4.69, 9.17) is 4.74 Å². The number of nitrogens with zero attached hydrogens (tertiary/aromatic N) is 1. The van der Waals surface area contributed by atoms with Crippen LogP contribution in [-0.4, -0.2) is 49.7 Å². The molecule has 1 rings (SSSR count). The van der Waals surface area contributed by atoms with E-state index in [9.17, 15) is 4.79 Å². The van der Waals surface area contributed by atoms with Gasteiger partial charge in [-0.15, -0.1) is 0 Å². The van der Waals surface area contributed by atoms with Crippen molar-refractivity contribution in [2.24, 2.45) is 11.3 Å². The fourth-order valence-electron chi connectivity index (χ4n) is 3.20. The van der Waals surface area contributed by atoms with Crippen molar-refractivity contribution in [3.8, 4) is 0 Å². The molecule has 0 spiro atoms. The van der Waals surface area contributed by atoms with Crippen molar-refractivity contribution >= 4 is 5.97 Å². The molecule has 0 aliphatic carbocycles. The molecule has 0 aromatic rings. The average Bonchev–Trinajstić information content (AvgIpc) is 2.61. The van der Waals surface area contributed by atoms with Gasteiger partial charge in [0, 0.05) is 12.6 Å². The summed E-state index contributed by atoms with van der Waals surface area (Å²) in [6.07, 6.45) is 3.73. The minimum Gasteiger partial charge on any atom is -0.468 e. The number of carbonyl (C=O) groups is 1. The minimum atomic E-state index is -0.221. The second kappa shape index (κ2) is 8.14. The molecule has 0 aromatic heterocycles. The number of likely N-dealkylation sites (tertiary alicyclic amines) is 1. The summed E-state index contributed by atoms with van der Waals surface area (Å²) in [6.45, 7) is 14.1. The van der Waals surface area contributed by atoms with E-state index >= 15 is 0 Å². The predicted octanol–water partition coefficient (Wildman–Crippen LogP) is 2.67. The third-order valence-electron chi connectivity index (χ3n) is 4.51. The van der Waals surface area contributed by atoms with Crippen molar-refractivity contribution in [3.05, 3.63) is 0 Å². The van der Waals surface area contributed by atoms with Gasteiger partial charge in [-0.05, 0) is 43.7 Å². The van der Waals surface area contributed by atoms with Gasteiger partial charge in [0.1, 0.15) is 6.04 Å². The number of hydrogen-bond donors (Lipinski definition) is 1. The van der Waals surface area contributed by atoms with Crippen molar-refractivity contribution in [1.29, 1.82) is 0 Å². The summed E-state index contributed by atoms with van der Waals surface area (Å²) < 4.78 is 4.93. The molecule has 1 aliphatic rings. The molecule has 0 bridgehead atoms. The molecule has 124 valence electrons. The second-order valence-corrected chi connectivity index (χ2v) is 7.69. The lowest BCUT2D eigenvalue weighted by atomic mass is 9.77. The fourth-order valence-corrected chi connectivity index (χ4v) is 3.20. The van der Waals surface area contributed by atoms with Gasteiger partial charge in [-0.25, -0.2) is 0 Å². The van der Waals surface area contributed by atoms with Gasteiger partial charge < -0.3 is 15.0 Å². The highest BCUT2D eigenvalue weighted by atomic mass is 16.5. The molecule has 1 N–H and O–H groups in total. The molecular weight excluding hydrogens is 264 g/mol. The summed E-state index contributed by atoms with van der Waals surface area (Å²) in [4.78, 5) is 14.3. The molecular formula is C17H34N2O2. The van der Waals surface area contributed by atoms with Crippen molar-refractivity contribution in [3.63, 3.8) is 0 Å². The molecule has 0 amide bonds. The van der Waals surface area contributed by atoms with Crippen molar-refractivity contribution < 1.29 is 9.53 Å². The second-order valence-electron chi connectivity index (χ2n) is 7.69. The molecule has 1 saturated heterocycles. The van der Waals surface area contributed by atoms with Gasteiger partial charge in [-0.1, -0.05) is 34.6 Å². The van der Waals surface area contributed by atoms with Gasteiger partial charge in [-0.3, -0.25) is 4.79 Å². The topological polar surface area (TPSA) is 41.6 Å². The van der Waals surface area contributed by atoms with E-state index in [1.54, 1.807) is 0 Å². The minimum absolute atomic E-state index is 0.152. The van der Waals surface area contributed by atoms with Crippen LogP contribution in [0.3, 0.4) is 0 Å². The largest absolute Gasteiger partial charge is 0.468 e. The zero-order chi connectivity index (χ0) is 16.0. The summed E-state index contributed by atoms with van der Waals surface area (Å²) in [6, 6.07) is 0.0598. The van der Waals surface area contributed by atoms with Crippen LogP contribution in [0.1, 0.15) is 53.9 Å². The number of nitrogens with one attached hydrogen (secondary N) is 1. The molecule has 4 nitrogen and oxygen atoms in total. The highest BCUT2D eigenvalue weighted by Gasteiger charge is 2.29. The molecule has 1 aliphatic heterocycles. The highest BCUT2D eigenvalue weighted by molar-refractivity contribution is 5.75. The van der Waals surface area contributed by atoms with Crippen LogP contribution in [0, 0.1) is 11.3 Å². The van der Waals surface area contributed by atoms with Crippen LogP contribution in [0.4, 0.5) is 0 Å². The summed E-state index contributed by atoms with van der Waals surface area (Å²) in [5.74, 6) is 0.623. The van der Waals surface area contributed by atoms with Crippen LogP contribution in [0.25, 0.3) is 0 Å². The van der Waals surface area contributed by atoms with E-state index in [1.165, 1.54) is 26.4 Å². The number of carbonyl (C=O) groups excluding carboxylic acids is 1. The monoisotopic (exact) mass is 298 g/mol. The van der Waals surface area contributed by atoms with E-state index in [2.05, 4.69) is 44.8 Å². The third kappa shape index (κ3) is 6.35. The van der Waals surface area contributed by atoms with Crippen LogP contribution in [0.5, 0.6) is 0 Å². The maximum absolute atomic E-state index is 11.9. The number of esters is 1. The zero-order valence-corrected chi connectivity index (χ0v) is 14.7. The van der Waals surface area contributed by atoms with Crippen molar-refractivity contribution in [1.82, 2.24) is 10.2 Å². The Balaban J connectivity index is 2.58. The summed E-state index contributed by atoms with van der Waals surface area (Å²) in [7, 11) is 1.47. The molecule has 2 unspecified atom stereocenters. The maximum atomic E-state index is 11.9. The summed E-state index contributed by atoms with van der Waals surface area (Å²) >= 11 is 0. The Kier molecular flexibility index (Phi) is 7.14. The molecule has 0 radical (unpaired) electrons. The fraction of sp³-hybridized carbons (Fsp3) is 0.941. The van der Waals surface area contributed by atoms with E-state index in [0.717, 1.165) is 25.6 Å². The lowest BCUT2D eigenvalue weighted by Gasteiger charge is -2.30. The first-order valence-corrected chi connectivity index (χ1v) is 8.30. The molecule has 4 heteroatoms. The van der Waals surface area contributed by atoms with Gasteiger partial charge in [0.25, 0.3) is 0 Å².